The van der Waals surface area contributed by atoms with E-state index in [2.05, 4.69) is 13.8 Å². The largest absolute Gasteiger partial charge is 0.317 e. The van der Waals surface area contributed by atoms with Crippen LogP contribution in [0.3, 0.4) is 0 Å². The smallest absolute Gasteiger partial charge is 0.165 e. The van der Waals surface area contributed by atoms with Gasteiger partial charge in [0.05, 0.1) is 10.7 Å². The van der Waals surface area contributed by atoms with Crippen molar-refractivity contribution in [2.45, 2.75) is 26.7 Å². The number of hydrogen-bond donors (Lipinski definition) is 0. The minimum atomic E-state index is -0.455. The van der Waals surface area contributed by atoms with E-state index in [1.54, 1.807) is 29.0 Å². The van der Waals surface area contributed by atoms with Crippen LogP contribution in [0.4, 0.5) is 4.39 Å². The molecule has 0 saturated carbocycles. The lowest BCUT2D eigenvalue weighted by molar-refractivity contribution is 0.0911. The normalized spacial score (nSPS) is 17.1. The van der Waals surface area contributed by atoms with Gasteiger partial charge in [0, 0.05) is 23.9 Å². The molecule has 2 nitrogen and oxygen atoms in total. The van der Waals surface area contributed by atoms with Gasteiger partial charge in [0.1, 0.15) is 0 Å². The molecule has 0 radical (unpaired) electrons. The molecular formula is C16H15ClFNO. The summed E-state index contributed by atoms with van der Waals surface area (Å²) in [4.78, 5) is 12.2. The third-order valence-corrected chi connectivity index (χ3v) is 4.06. The highest BCUT2D eigenvalue weighted by Gasteiger charge is 2.33. The molecule has 1 aromatic heterocycles. The van der Waals surface area contributed by atoms with Crippen molar-refractivity contribution in [2.24, 2.45) is 5.41 Å². The first-order valence-corrected chi connectivity index (χ1v) is 6.95. The van der Waals surface area contributed by atoms with Gasteiger partial charge in [-0.1, -0.05) is 31.5 Å². The zero-order chi connectivity index (χ0) is 14.5. The van der Waals surface area contributed by atoms with Crippen LogP contribution in [0.2, 0.25) is 5.02 Å². The quantitative estimate of drug-likeness (QED) is 0.762. The highest BCUT2D eigenvalue weighted by Crippen LogP contribution is 2.36. The number of hydrogen-bond acceptors (Lipinski definition) is 1. The Labute approximate surface area is 122 Å². The summed E-state index contributed by atoms with van der Waals surface area (Å²) in [6, 6.07) is 6.68. The average molecular weight is 292 g/mol. The summed E-state index contributed by atoms with van der Waals surface area (Å²) in [5, 5.41) is 0.0892. The number of aromatic nitrogens is 1. The van der Waals surface area contributed by atoms with E-state index in [1.165, 1.54) is 6.07 Å². The molecule has 1 aromatic carbocycles. The van der Waals surface area contributed by atoms with Gasteiger partial charge in [0.25, 0.3) is 0 Å². The number of ketones is 1. The van der Waals surface area contributed by atoms with Gasteiger partial charge in [0.15, 0.2) is 11.6 Å². The molecule has 0 saturated heterocycles. The van der Waals surface area contributed by atoms with E-state index in [-0.39, 0.29) is 16.2 Å². The third-order valence-electron chi connectivity index (χ3n) is 3.77. The number of fused-ring (bicyclic) bond motifs is 1. The molecule has 0 N–H and O–H groups in total. The zero-order valence-corrected chi connectivity index (χ0v) is 12.2. The maximum atomic E-state index is 14.2. The maximum Gasteiger partial charge on any atom is 0.165 e. The van der Waals surface area contributed by atoms with Crippen molar-refractivity contribution in [1.29, 1.82) is 0 Å². The SMILES string of the molecule is CC1(C)CC(=O)c2ccn(-c3cccc(Cl)c3F)c2C1. The summed E-state index contributed by atoms with van der Waals surface area (Å²) < 4.78 is 15.9. The van der Waals surface area contributed by atoms with Crippen molar-refractivity contribution in [1.82, 2.24) is 4.57 Å². The second-order valence-electron chi connectivity index (χ2n) is 6.06. The second-order valence-corrected chi connectivity index (χ2v) is 6.47. The number of carbonyl (C=O) groups is 1. The number of rotatable bonds is 1. The molecule has 0 spiro atoms. The Bertz CT molecular complexity index is 702. The number of Topliss-reactive ketones (excluding diaryl/α,β-unsaturated/α-hetero) is 1. The van der Waals surface area contributed by atoms with Crippen molar-refractivity contribution < 1.29 is 9.18 Å². The van der Waals surface area contributed by atoms with Crippen molar-refractivity contribution >= 4 is 17.4 Å². The number of carbonyl (C=O) groups excluding carboxylic acids is 1. The molecule has 0 atom stereocenters. The summed E-state index contributed by atoms with van der Waals surface area (Å²) in [6.07, 6.45) is 3.02. The Morgan fingerprint density at radius 2 is 2.00 bits per heavy atom. The lowest BCUT2D eigenvalue weighted by Crippen LogP contribution is -2.27. The maximum absolute atomic E-state index is 14.2. The monoisotopic (exact) mass is 291 g/mol. The Kier molecular flexibility index (Phi) is 2.98. The first kappa shape index (κ1) is 13.4. The standard InChI is InChI=1S/C16H15ClFNO/c1-16(2)8-13-10(14(20)9-16)6-7-19(13)12-5-3-4-11(17)15(12)18/h3-7H,8-9H2,1-2H3. The Balaban J connectivity index is 2.19. The van der Waals surface area contributed by atoms with Crippen LogP contribution in [0.5, 0.6) is 0 Å². The molecule has 1 aliphatic rings. The fourth-order valence-corrected chi connectivity index (χ4v) is 3.02. The molecule has 1 aliphatic carbocycles. The molecule has 20 heavy (non-hydrogen) atoms. The van der Waals surface area contributed by atoms with Crippen LogP contribution in [0.1, 0.15) is 36.3 Å². The van der Waals surface area contributed by atoms with Crippen LogP contribution < -0.4 is 0 Å². The lowest BCUT2D eigenvalue weighted by Gasteiger charge is -2.29. The Hall–Kier alpha value is -1.61. The summed E-state index contributed by atoms with van der Waals surface area (Å²) in [5.74, 6) is -0.333. The molecule has 1 heterocycles. The molecule has 3 rings (SSSR count). The summed E-state index contributed by atoms with van der Waals surface area (Å²) in [7, 11) is 0. The molecule has 4 heteroatoms. The van der Waals surface area contributed by atoms with E-state index >= 15 is 0 Å². The molecule has 0 amide bonds. The molecule has 0 bridgehead atoms. The van der Waals surface area contributed by atoms with Crippen LogP contribution in [0, 0.1) is 11.2 Å². The van der Waals surface area contributed by atoms with Crippen molar-refractivity contribution in [3.63, 3.8) is 0 Å². The van der Waals surface area contributed by atoms with E-state index in [9.17, 15) is 9.18 Å². The van der Waals surface area contributed by atoms with Gasteiger partial charge >= 0.3 is 0 Å². The topological polar surface area (TPSA) is 22.0 Å². The molecule has 0 unspecified atom stereocenters. The predicted octanol–water partition coefficient (Wildman–Crippen LogP) is 4.42. The van der Waals surface area contributed by atoms with E-state index < -0.39 is 5.82 Å². The first-order valence-electron chi connectivity index (χ1n) is 6.57. The van der Waals surface area contributed by atoms with Gasteiger partial charge < -0.3 is 4.57 Å². The highest BCUT2D eigenvalue weighted by molar-refractivity contribution is 6.30. The highest BCUT2D eigenvalue weighted by atomic mass is 35.5. The van der Waals surface area contributed by atoms with Crippen molar-refractivity contribution in [2.75, 3.05) is 0 Å². The predicted molar refractivity (Wildman–Crippen MR) is 77.2 cm³/mol. The fraction of sp³-hybridized carbons (Fsp3) is 0.312. The van der Waals surface area contributed by atoms with E-state index in [1.807, 2.05) is 0 Å². The minimum Gasteiger partial charge on any atom is -0.317 e. The molecule has 0 aliphatic heterocycles. The second kappa shape index (κ2) is 4.45. The van der Waals surface area contributed by atoms with Gasteiger partial charge in [-0.05, 0) is 30.0 Å². The summed E-state index contributed by atoms with van der Waals surface area (Å²) in [5.41, 5.74) is 1.86. The van der Waals surface area contributed by atoms with Gasteiger partial charge in [-0.2, -0.15) is 0 Å². The number of nitrogens with zero attached hydrogens (tertiary/aromatic N) is 1. The van der Waals surface area contributed by atoms with Crippen LogP contribution in [0.15, 0.2) is 30.5 Å². The summed E-state index contributed by atoms with van der Waals surface area (Å²) >= 11 is 5.84. The minimum absolute atomic E-state index is 0.0892. The van der Waals surface area contributed by atoms with Crippen LogP contribution in [0.25, 0.3) is 5.69 Å². The zero-order valence-electron chi connectivity index (χ0n) is 11.4. The lowest BCUT2D eigenvalue weighted by atomic mass is 9.76. The van der Waals surface area contributed by atoms with Gasteiger partial charge in [-0.25, -0.2) is 4.39 Å². The average Bonchev–Trinajstić information content (AvgIpc) is 2.75. The third kappa shape index (κ3) is 2.06. The van der Waals surface area contributed by atoms with Crippen molar-refractivity contribution in [3.05, 3.63) is 52.6 Å². The number of halogens is 2. The van der Waals surface area contributed by atoms with Crippen molar-refractivity contribution in [3.8, 4) is 5.69 Å². The molecule has 2 aromatic rings. The van der Waals surface area contributed by atoms with Gasteiger partial charge in [-0.3, -0.25) is 4.79 Å². The van der Waals surface area contributed by atoms with E-state index in [4.69, 9.17) is 11.6 Å². The fourth-order valence-electron chi connectivity index (χ4n) is 2.85. The van der Waals surface area contributed by atoms with Gasteiger partial charge in [0.2, 0.25) is 0 Å². The molecular weight excluding hydrogens is 277 g/mol. The number of benzene rings is 1. The summed E-state index contributed by atoms with van der Waals surface area (Å²) in [6.45, 7) is 4.11. The Morgan fingerprint density at radius 1 is 1.25 bits per heavy atom. The molecule has 104 valence electrons. The molecule has 0 fully saturated rings. The van der Waals surface area contributed by atoms with Gasteiger partial charge in [-0.15, -0.1) is 0 Å². The Morgan fingerprint density at radius 3 is 2.75 bits per heavy atom. The van der Waals surface area contributed by atoms with Crippen LogP contribution in [-0.4, -0.2) is 10.4 Å². The first-order chi connectivity index (χ1) is 9.39. The van der Waals surface area contributed by atoms with E-state index in [0.717, 1.165) is 12.1 Å². The van der Waals surface area contributed by atoms with Crippen LogP contribution >= 0.6 is 11.6 Å². The van der Waals surface area contributed by atoms with Crippen LogP contribution in [-0.2, 0) is 6.42 Å². The van der Waals surface area contributed by atoms with E-state index in [0.29, 0.717) is 17.7 Å².